The van der Waals surface area contributed by atoms with Gasteiger partial charge in [-0.05, 0) is 23.8 Å². The van der Waals surface area contributed by atoms with E-state index in [1.165, 1.54) is 12.3 Å². The second-order valence-corrected chi connectivity index (χ2v) is 5.78. The molecule has 8 heteroatoms. The number of phenols is 2. The minimum Gasteiger partial charge on any atom is -0.506 e. The zero-order chi connectivity index (χ0) is 17.0. The molecule has 0 unspecified atom stereocenters. The van der Waals surface area contributed by atoms with Crippen LogP contribution in [0.2, 0.25) is 15.1 Å². The van der Waals surface area contributed by atoms with Crippen LogP contribution in [0.15, 0.2) is 35.4 Å². The quantitative estimate of drug-likeness (QED) is 0.564. The highest BCUT2D eigenvalue weighted by molar-refractivity contribution is 6.38. The lowest BCUT2D eigenvalue weighted by molar-refractivity contribution is -0.120. The van der Waals surface area contributed by atoms with Crippen LogP contribution >= 0.6 is 34.8 Å². The van der Waals surface area contributed by atoms with Crippen LogP contribution in [-0.2, 0) is 11.2 Å². The number of aromatic hydroxyl groups is 2. The van der Waals surface area contributed by atoms with Gasteiger partial charge in [0.25, 0.3) is 0 Å². The molecule has 3 N–H and O–H groups in total. The minimum absolute atomic E-state index is 0.0401. The van der Waals surface area contributed by atoms with Gasteiger partial charge in [-0.25, -0.2) is 5.43 Å². The van der Waals surface area contributed by atoms with E-state index in [9.17, 15) is 15.0 Å². The summed E-state index contributed by atoms with van der Waals surface area (Å²) in [5.74, 6) is -1.15. The highest BCUT2D eigenvalue weighted by Crippen LogP contribution is 2.40. The Morgan fingerprint density at radius 3 is 2.43 bits per heavy atom. The van der Waals surface area contributed by atoms with E-state index in [1.807, 2.05) is 0 Å². The van der Waals surface area contributed by atoms with Gasteiger partial charge in [-0.15, -0.1) is 0 Å². The first kappa shape index (κ1) is 17.4. The molecular formula is C15H11Cl3N2O3. The van der Waals surface area contributed by atoms with Crippen molar-refractivity contribution >= 4 is 46.9 Å². The molecule has 120 valence electrons. The average molecular weight is 374 g/mol. The predicted octanol–water partition coefficient (Wildman–Crippen LogP) is 3.75. The van der Waals surface area contributed by atoms with Gasteiger partial charge in [-0.2, -0.15) is 5.10 Å². The van der Waals surface area contributed by atoms with Gasteiger partial charge in [0.15, 0.2) is 5.75 Å². The number of amides is 1. The van der Waals surface area contributed by atoms with Crippen molar-refractivity contribution in [1.82, 2.24) is 5.43 Å². The van der Waals surface area contributed by atoms with Crippen LogP contribution in [0.4, 0.5) is 0 Å². The summed E-state index contributed by atoms with van der Waals surface area (Å²) < 4.78 is 0. The van der Waals surface area contributed by atoms with Crippen molar-refractivity contribution in [1.29, 1.82) is 0 Å². The number of nitrogens with one attached hydrogen (secondary N) is 1. The first-order chi connectivity index (χ1) is 10.9. The molecule has 2 aromatic rings. The summed E-state index contributed by atoms with van der Waals surface area (Å²) in [5.41, 5.74) is 3.25. The fourth-order valence-corrected chi connectivity index (χ4v) is 2.31. The molecule has 0 bridgehead atoms. The summed E-state index contributed by atoms with van der Waals surface area (Å²) in [7, 11) is 0. The Bertz CT molecular complexity index is 762. The van der Waals surface area contributed by atoms with Crippen molar-refractivity contribution in [2.75, 3.05) is 0 Å². The minimum atomic E-state index is -0.422. The van der Waals surface area contributed by atoms with Gasteiger partial charge in [0, 0.05) is 10.6 Å². The number of hydrogen-bond acceptors (Lipinski definition) is 4. The molecule has 0 spiro atoms. The van der Waals surface area contributed by atoms with Crippen molar-refractivity contribution in [3.05, 3.63) is 56.5 Å². The van der Waals surface area contributed by atoms with Gasteiger partial charge in [0.05, 0.1) is 17.7 Å². The first-order valence-corrected chi connectivity index (χ1v) is 7.48. The highest BCUT2D eigenvalue weighted by atomic mass is 35.5. The second-order valence-electron chi connectivity index (χ2n) is 4.56. The van der Waals surface area contributed by atoms with Crippen molar-refractivity contribution in [3.8, 4) is 11.5 Å². The van der Waals surface area contributed by atoms with E-state index < -0.39 is 5.75 Å². The van der Waals surface area contributed by atoms with Gasteiger partial charge < -0.3 is 10.2 Å². The number of benzene rings is 2. The SMILES string of the molecule is O=C(Cc1ccc(Cl)cc1)N/N=C\c1cc(Cl)c(O)c(Cl)c1O. The Morgan fingerprint density at radius 1 is 1.13 bits per heavy atom. The van der Waals surface area contributed by atoms with Crippen molar-refractivity contribution in [2.45, 2.75) is 6.42 Å². The average Bonchev–Trinajstić information content (AvgIpc) is 2.52. The van der Waals surface area contributed by atoms with Crippen LogP contribution in [-0.4, -0.2) is 22.3 Å². The molecule has 5 nitrogen and oxygen atoms in total. The van der Waals surface area contributed by atoms with Crippen LogP contribution in [0.5, 0.6) is 11.5 Å². The van der Waals surface area contributed by atoms with E-state index in [0.29, 0.717) is 5.02 Å². The maximum atomic E-state index is 11.7. The molecule has 0 heterocycles. The molecule has 0 aliphatic heterocycles. The van der Waals surface area contributed by atoms with E-state index in [-0.39, 0.29) is 33.7 Å². The third-order valence-electron chi connectivity index (χ3n) is 2.87. The smallest absolute Gasteiger partial charge is 0.244 e. The number of phenolic OH excluding ortho intramolecular Hbond substituents is 2. The molecule has 23 heavy (non-hydrogen) atoms. The zero-order valence-corrected chi connectivity index (χ0v) is 13.8. The predicted molar refractivity (Wildman–Crippen MR) is 90.7 cm³/mol. The number of nitrogens with zero attached hydrogens (tertiary/aromatic N) is 1. The monoisotopic (exact) mass is 372 g/mol. The maximum Gasteiger partial charge on any atom is 0.244 e. The lowest BCUT2D eigenvalue weighted by Crippen LogP contribution is -2.19. The molecule has 0 aliphatic rings. The van der Waals surface area contributed by atoms with E-state index in [4.69, 9.17) is 34.8 Å². The van der Waals surface area contributed by atoms with Crippen molar-refractivity contribution in [3.63, 3.8) is 0 Å². The largest absolute Gasteiger partial charge is 0.506 e. The van der Waals surface area contributed by atoms with E-state index in [2.05, 4.69) is 10.5 Å². The van der Waals surface area contributed by atoms with Crippen molar-refractivity contribution < 1.29 is 15.0 Å². The fraction of sp³-hybridized carbons (Fsp3) is 0.0667. The zero-order valence-electron chi connectivity index (χ0n) is 11.6. The molecule has 0 aromatic heterocycles. The standard InChI is InChI=1S/C15H11Cl3N2O3/c16-10-3-1-8(2-4-10)5-12(21)20-19-7-9-6-11(17)15(23)13(18)14(9)22/h1-4,6-7,22-23H,5H2,(H,20,21)/b19-7-. The van der Waals surface area contributed by atoms with E-state index >= 15 is 0 Å². The van der Waals surface area contributed by atoms with Crippen LogP contribution in [0.25, 0.3) is 0 Å². The van der Waals surface area contributed by atoms with Crippen LogP contribution in [0.3, 0.4) is 0 Å². The number of hydrogen-bond donors (Lipinski definition) is 3. The van der Waals surface area contributed by atoms with Crippen LogP contribution in [0, 0.1) is 0 Å². The molecule has 0 saturated heterocycles. The molecule has 0 atom stereocenters. The summed E-state index contributed by atoms with van der Waals surface area (Å²) in [6, 6.07) is 8.11. The number of rotatable bonds is 4. The normalized spacial score (nSPS) is 10.9. The number of hydrazone groups is 1. The summed E-state index contributed by atoms with van der Waals surface area (Å²) >= 11 is 17.2. The molecular weight excluding hydrogens is 363 g/mol. The van der Waals surface area contributed by atoms with Gasteiger partial charge in [0.2, 0.25) is 5.91 Å². The summed E-state index contributed by atoms with van der Waals surface area (Å²) in [6.45, 7) is 0. The Balaban J connectivity index is 2.01. The molecule has 0 saturated carbocycles. The number of halogens is 3. The third kappa shape index (κ3) is 4.51. The van der Waals surface area contributed by atoms with Gasteiger partial charge in [0.1, 0.15) is 10.8 Å². The summed E-state index contributed by atoms with van der Waals surface area (Å²) in [4.78, 5) is 11.7. The topological polar surface area (TPSA) is 81.9 Å². The molecule has 2 aromatic carbocycles. The molecule has 1 amide bonds. The molecule has 0 aliphatic carbocycles. The van der Waals surface area contributed by atoms with E-state index in [1.54, 1.807) is 24.3 Å². The maximum absolute atomic E-state index is 11.7. The van der Waals surface area contributed by atoms with E-state index in [0.717, 1.165) is 5.56 Å². The molecule has 2 rings (SSSR count). The fourth-order valence-electron chi connectivity index (χ4n) is 1.72. The highest BCUT2D eigenvalue weighted by Gasteiger charge is 2.13. The number of carbonyl (C=O) groups is 1. The lowest BCUT2D eigenvalue weighted by Gasteiger charge is -2.05. The Kier molecular flexibility index (Phi) is 5.71. The first-order valence-electron chi connectivity index (χ1n) is 6.34. The third-order valence-corrected chi connectivity index (χ3v) is 3.77. The Hall–Kier alpha value is -1.95. The second kappa shape index (κ2) is 7.55. The van der Waals surface area contributed by atoms with Crippen LogP contribution < -0.4 is 5.43 Å². The van der Waals surface area contributed by atoms with Crippen molar-refractivity contribution in [2.24, 2.45) is 5.10 Å². The molecule has 0 radical (unpaired) electrons. The van der Waals surface area contributed by atoms with Gasteiger partial charge in [-0.1, -0.05) is 46.9 Å². The van der Waals surface area contributed by atoms with Crippen LogP contribution in [0.1, 0.15) is 11.1 Å². The molecule has 0 fully saturated rings. The lowest BCUT2D eigenvalue weighted by atomic mass is 10.1. The summed E-state index contributed by atoms with van der Waals surface area (Å²) in [6.07, 6.45) is 1.30. The van der Waals surface area contributed by atoms with Gasteiger partial charge in [-0.3, -0.25) is 4.79 Å². The van der Waals surface area contributed by atoms with Gasteiger partial charge >= 0.3 is 0 Å². The Labute approximate surface area is 147 Å². The Morgan fingerprint density at radius 2 is 1.78 bits per heavy atom. The summed E-state index contributed by atoms with van der Waals surface area (Å²) in [5, 5.41) is 23.2. The number of carbonyl (C=O) groups excluding carboxylic acids is 1.